The molecule has 0 saturated carbocycles. The Labute approximate surface area is 145 Å². The third-order valence-corrected chi connectivity index (χ3v) is 5.46. The molecule has 1 amide bonds. The Hall–Kier alpha value is -2.27. The maximum atomic E-state index is 12.8. The second-order valence-corrected chi connectivity index (χ2v) is 6.98. The molecule has 2 unspecified atom stereocenters. The van der Waals surface area contributed by atoms with Crippen LogP contribution in [0.5, 0.6) is 0 Å². The van der Waals surface area contributed by atoms with Crippen molar-refractivity contribution in [3.05, 3.63) is 65.2 Å². The minimum atomic E-state index is -0.926. The molecule has 24 heavy (non-hydrogen) atoms. The average molecular weight is 341 g/mol. The van der Waals surface area contributed by atoms with Crippen molar-refractivity contribution < 1.29 is 14.7 Å². The van der Waals surface area contributed by atoms with Crippen molar-refractivity contribution in [3.63, 3.8) is 0 Å². The van der Waals surface area contributed by atoms with E-state index in [-0.39, 0.29) is 18.2 Å². The van der Waals surface area contributed by atoms with Gasteiger partial charge in [0.1, 0.15) is 0 Å². The normalized spacial score (nSPS) is 17.1. The first-order valence-electron chi connectivity index (χ1n) is 7.85. The van der Waals surface area contributed by atoms with Gasteiger partial charge >= 0.3 is 5.97 Å². The number of nitrogens with one attached hydrogen (secondary N) is 1. The van der Waals surface area contributed by atoms with E-state index in [0.717, 1.165) is 21.6 Å². The van der Waals surface area contributed by atoms with Gasteiger partial charge in [0.25, 0.3) is 0 Å². The van der Waals surface area contributed by atoms with Gasteiger partial charge in [-0.25, -0.2) is 0 Å². The number of carboxylic acid groups (broad SMARTS) is 1. The number of benzene rings is 2. The summed E-state index contributed by atoms with van der Waals surface area (Å²) in [7, 11) is 0. The molecule has 124 valence electrons. The number of carboxylic acids is 1. The minimum Gasteiger partial charge on any atom is -0.481 e. The highest BCUT2D eigenvalue weighted by molar-refractivity contribution is 7.99. The van der Waals surface area contributed by atoms with Crippen molar-refractivity contribution in [1.82, 2.24) is 5.32 Å². The highest BCUT2D eigenvalue weighted by Gasteiger charge is 2.31. The zero-order chi connectivity index (χ0) is 17.1. The van der Waals surface area contributed by atoms with E-state index in [1.807, 2.05) is 55.5 Å². The van der Waals surface area contributed by atoms with Gasteiger partial charge in [-0.2, -0.15) is 0 Å². The maximum absolute atomic E-state index is 12.8. The van der Waals surface area contributed by atoms with E-state index in [2.05, 4.69) is 5.32 Å². The lowest BCUT2D eigenvalue weighted by Gasteiger charge is -2.21. The smallest absolute Gasteiger partial charge is 0.305 e. The summed E-state index contributed by atoms with van der Waals surface area (Å²) < 4.78 is 0. The summed E-state index contributed by atoms with van der Waals surface area (Å²) in [5.41, 5.74) is 2.86. The van der Waals surface area contributed by atoms with E-state index in [0.29, 0.717) is 5.75 Å². The predicted octanol–water partition coefficient (Wildman–Crippen LogP) is 3.52. The van der Waals surface area contributed by atoms with Crippen LogP contribution in [0.1, 0.15) is 35.1 Å². The molecule has 0 spiro atoms. The summed E-state index contributed by atoms with van der Waals surface area (Å²) >= 11 is 1.67. The fourth-order valence-electron chi connectivity index (χ4n) is 3.04. The Kier molecular flexibility index (Phi) is 4.90. The highest BCUT2D eigenvalue weighted by Crippen LogP contribution is 2.39. The molecule has 3 rings (SSSR count). The second-order valence-electron chi connectivity index (χ2n) is 5.92. The van der Waals surface area contributed by atoms with Crippen LogP contribution >= 0.6 is 11.8 Å². The Morgan fingerprint density at radius 3 is 2.67 bits per heavy atom. The third-order valence-electron chi connectivity index (χ3n) is 4.28. The average Bonchev–Trinajstić information content (AvgIpc) is 2.98. The van der Waals surface area contributed by atoms with Gasteiger partial charge in [0.05, 0.1) is 18.4 Å². The number of carbonyl (C=O) groups excluding carboxylic acids is 1. The molecule has 0 bridgehead atoms. The Morgan fingerprint density at radius 2 is 1.92 bits per heavy atom. The number of hydrogen-bond acceptors (Lipinski definition) is 3. The molecule has 1 aliphatic heterocycles. The molecule has 2 aromatic rings. The van der Waals surface area contributed by atoms with Crippen LogP contribution in [0, 0.1) is 6.92 Å². The number of amides is 1. The van der Waals surface area contributed by atoms with Crippen molar-refractivity contribution in [3.8, 4) is 0 Å². The number of rotatable bonds is 5. The number of aryl methyl sites for hydroxylation is 1. The zero-order valence-electron chi connectivity index (χ0n) is 13.4. The molecule has 0 radical (unpaired) electrons. The second kappa shape index (κ2) is 7.09. The summed E-state index contributed by atoms with van der Waals surface area (Å²) in [5.74, 6) is -0.572. The Morgan fingerprint density at radius 1 is 1.21 bits per heavy atom. The molecule has 0 aromatic heterocycles. The van der Waals surface area contributed by atoms with Crippen LogP contribution < -0.4 is 5.32 Å². The van der Waals surface area contributed by atoms with Gasteiger partial charge in [-0.05, 0) is 29.7 Å². The first-order valence-corrected chi connectivity index (χ1v) is 8.84. The molecule has 2 N–H and O–H groups in total. The molecular formula is C19H19NO3S. The maximum Gasteiger partial charge on any atom is 0.305 e. The quantitative estimate of drug-likeness (QED) is 0.873. The molecule has 1 aliphatic rings. The van der Waals surface area contributed by atoms with E-state index in [1.165, 1.54) is 0 Å². The summed E-state index contributed by atoms with van der Waals surface area (Å²) in [5, 5.41) is 12.2. The number of aliphatic carboxylic acids is 1. The molecule has 2 aromatic carbocycles. The molecule has 0 aliphatic carbocycles. The molecule has 0 fully saturated rings. The highest BCUT2D eigenvalue weighted by atomic mass is 32.2. The predicted molar refractivity (Wildman–Crippen MR) is 94.2 cm³/mol. The standard InChI is InChI=1S/C19H19NO3S/c1-12-6-2-3-7-13(12)16(10-18(21)22)20-19(23)15-11-24-17-9-5-4-8-14(15)17/h2-9,15-16H,10-11H2,1H3,(H,20,23)(H,21,22). The van der Waals surface area contributed by atoms with E-state index in [4.69, 9.17) is 0 Å². The molecule has 5 heteroatoms. The first-order chi connectivity index (χ1) is 11.6. The van der Waals surface area contributed by atoms with E-state index in [9.17, 15) is 14.7 Å². The van der Waals surface area contributed by atoms with E-state index in [1.54, 1.807) is 11.8 Å². The molecule has 1 heterocycles. The lowest BCUT2D eigenvalue weighted by molar-refractivity contribution is -0.137. The van der Waals surface area contributed by atoms with Gasteiger partial charge in [0.2, 0.25) is 5.91 Å². The van der Waals surface area contributed by atoms with Crippen molar-refractivity contribution in [2.24, 2.45) is 0 Å². The topological polar surface area (TPSA) is 66.4 Å². The van der Waals surface area contributed by atoms with Gasteiger partial charge in [-0.1, -0.05) is 42.5 Å². The van der Waals surface area contributed by atoms with Gasteiger partial charge in [0, 0.05) is 10.6 Å². The summed E-state index contributed by atoms with van der Waals surface area (Å²) in [4.78, 5) is 25.1. The lowest BCUT2D eigenvalue weighted by Crippen LogP contribution is -2.34. The minimum absolute atomic E-state index is 0.109. The Bertz CT molecular complexity index is 775. The number of carbonyl (C=O) groups is 2. The molecule has 0 saturated heterocycles. The lowest BCUT2D eigenvalue weighted by atomic mass is 9.96. The molecule has 4 nitrogen and oxygen atoms in total. The van der Waals surface area contributed by atoms with Crippen LogP contribution in [0.4, 0.5) is 0 Å². The van der Waals surface area contributed by atoms with Crippen molar-refractivity contribution >= 4 is 23.6 Å². The molecule has 2 atom stereocenters. The Balaban J connectivity index is 1.82. The SMILES string of the molecule is Cc1ccccc1C(CC(=O)O)NC(=O)C1CSc2ccccc21. The van der Waals surface area contributed by atoms with E-state index >= 15 is 0 Å². The number of fused-ring (bicyclic) bond motifs is 1. The summed E-state index contributed by atoms with van der Waals surface area (Å²) in [6.07, 6.45) is -0.127. The van der Waals surface area contributed by atoms with Gasteiger partial charge in [0.15, 0.2) is 0 Å². The summed E-state index contributed by atoms with van der Waals surface area (Å²) in [6, 6.07) is 14.9. The van der Waals surface area contributed by atoms with Crippen LogP contribution in [-0.2, 0) is 9.59 Å². The van der Waals surface area contributed by atoms with Crippen LogP contribution in [0.25, 0.3) is 0 Å². The van der Waals surface area contributed by atoms with Crippen LogP contribution in [-0.4, -0.2) is 22.7 Å². The van der Waals surface area contributed by atoms with Crippen LogP contribution in [0.15, 0.2) is 53.4 Å². The number of hydrogen-bond donors (Lipinski definition) is 2. The van der Waals surface area contributed by atoms with E-state index < -0.39 is 12.0 Å². The largest absolute Gasteiger partial charge is 0.481 e. The fraction of sp³-hybridized carbons (Fsp3) is 0.263. The monoisotopic (exact) mass is 341 g/mol. The van der Waals surface area contributed by atoms with Gasteiger partial charge in [-0.3, -0.25) is 9.59 Å². The zero-order valence-corrected chi connectivity index (χ0v) is 14.2. The first kappa shape index (κ1) is 16.6. The van der Waals surface area contributed by atoms with Crippen molar-refractivity contribution in [1.29, 1.82) is 0 Å². The van der Waals surface area contributed by atoms with Crippen LogP contribution in [0.3, 0.4) is 0 Å². The van der Waals surface area contributed by atoms with Gasteiger partial charge < -0.3 is 10.4 Å². The van der Waals surface area contributed by atoms with Gasteiger partial charge in [-0.15, -0.1) is 11.8 Å². The van der Waals surface area contributed by atoms with Crippen molar-refractivity contribution in [2.75, 3.05) is 5.75 Å². The van der Waals surface area contributed by atoms with Crippen molar-refractivity contribution in [2.45, 2.75) is 30.2 Å². The summed E-state index contributed by atoms with van der Waals surface area (Å²) in [6.45, 7) is 1.93. The third kappa shape index (κ3) is 3.46. The van der Waals surface area contributed by atoms with Crippen LogP contribution in [0.2, 0.25) is 0 Å². The fourth-order valence-corrected chi connectivity index (χ4v) is 4.27. The number of thioether (sulfide) groups is 1. The molecular weight excluding hydrogens is 322 g/mol.